The molecule has 1 aromatic carbocycles. The van der Waals surface area contributed by atoms with Gasteiger partial charge in [-0.25, -0.2) is 0 Å². The maximum Gasteiger partial charge on any atom is 0.226 e. The molecule has 27 heavy (non-hydrogen) atoms. The van der Waals surface area contributed by atoms with Crippen molar-refractivity contribution in [1.82, 2.24) is 14.8 Å². The van der Waals surface area contributed by atoms with Gasteiger partial charge in [-0.3, -0.25) is 14.5 Å². The third-order valence-corrected chi connectivity index (χ3v) is 8.41. The molecule has 140 valence electrons. The van der Waals surface area contributed by atoms with Gasteiger partial charge in [-0.05, 0) is 41.4 Å². The van der Waals surface area contributed by atoms with Gasteiger partial charge in [0.2, 0.25) is 5.91 Å². The molecule has 4 rings (SSSR count). The highest BCUT2D eigenvalue weighted by atomic mass is 32.2. The van der Waals surface area contributed by atoms with Gasteiger partial charge in [-0.2, -0.15) is 5.10 Å². The molecule has 1 saturated heterocycles. The summed E-state index contributed by atoms with van der Waals surface area (Å²) in [6.07, 6.45) is 0.337. The summed E-state index contributed by atoms with van der Waals surface area (Å²) in [4.78, 5) is 13.5. The minimum atomic E-state index is -0.0286. The van der Waals surface area contributed by atoms with Crippen LogP contribution in [-0.2, 0) is 11.3 Å². The van der Waals surface area contributed by atoms with Gasteiger partial charge in [0.25, 0.3) is 0 Å². The Morgan fingerprint density at radius 1 is 1.30 bits per heavy atom. The first kappa shape index (κ1) is 18.8. The number of anilines is 1. The Bertz CT molecular complexity index is 973. The molecule has 0 radical (unpaired) electrons. The summed E-state index contributed by atoms with van der Waals surface area (Å²) in [5.41, 5.74) is 2.11. The number of benzene rings is 1. The Morgan fingerprint density at radius 3 is 2.93 bits per heavy atom. The Morgan fingerprint density at radius 2 is 2.15 bits per heavy atom. The van der Waals surface area contributed by atoms with E-state index in [1.165, 1.54) is 17.1 Å². The lowest BCUT2D eigenvalue weighted by Gasteiger charge is -2.11. The van der Waals surface area contributed by atoms with Crippen LogP contribution in [0.3, 0.4) is 0 Å². The minimum absolute atomic E-state index is 0.0286. The topological polar surface area (TPSA) is 62.7 Å². The number of rotatable bonds is 6. The third kappa shape index (κ3) is 4.48. The summed E-state index contributed by atoms with van der Waals surface area (Å²) in [5, 5.41) is 12.1. The predicted octanol–water partition coefficient (Wildman–Crippen LogP) is 5.18. The van der Waals surface area contributed by atoms with Gasteiger partial charge in [0.05, 0.1) is 9.46 Å². The van der Waals surface area contributed by atoms with E-state index in [9.17, 15) is 4.79 Å². The van der Waals surface area contributed by atoms with E-state index in [2.05, 4.69) is 27.6 Å². The monoisotopic (exact) mass is 434 g/mol. The molecule has 1 amide bonds. The molecule has 0 atom stereocenters. The highest BCUT2D eigenvalue weighted by Gasteiger charge is 2.18. The molecule has 3 aromatic rings. The summed E-state index contributed by atoms with van der Waals surface area (Å²) >= 11 is 10.8. The van der Waals surface area contributed by atoms with Gasteiger partial charge in [-0.15, -0.1) is 34.9 Å². The average Bonchev–Trinajstić information content (AvgIpc) is 3.42. The normalized spacial score (nSPS) is 14.5. The van der Waals surface area contributed by atoms with Crippen molar-refractivity contribution in [2.45, 2.75) is 17.5 Å². The summed E-state index contributed by atoms with van der Waals surface area (Å²) in [6.45, 7) is 0.489. The smallest absolute Gasteiger partial charge is 0.226 e. The van der Waals surface area contributed by atoms with Crippen LogP contribution < -0.4 is 5.32 Å². The predicted molar refractivity (Wildman–Crippen MR) is 118 cm³/mol. The lowest BCUT2D eigenvalue weighted by molar-refractivity contribution is -0.116. The number of H-pyrrole nitrogens is 1. The standard InChI is InChI=1S/C18H18N4OS4/c23-15(19-13-4-1-3-12(11-13)17-26-9-10-27-17)6-7-22-16(20-21-18(22)24)14-5-2-8-25-14/h1-5,8,11,17H,6-7,9-10H2,(H,19,23)(H,21,24). The van der Waals surface area contributed by atoms with E-state index in [-0.39, 0.29) is 5.91 Å². The van der Waals surface area contributed by atoms with E-state index in [4.69, 9.17) is 12.2 Å². The Balaban J connectivity index is 1.40. The molecule has 1 aliphatic heterocycles. The number of aromatic nitrogens is 3. The second-order valence-electron chi connectivity index (χ2n) is 5.98. The zero-order valence-electron chi connectivity index (χ0n) is 14.4. The van der Waals surface area contributed by atoms with Crippen molar-refractivity contribution < 1.29 is 4.79 Å². The number of thiophene rings is 1. The highest BCUT2D eigenvalue weighted by molar-refractivity contribution is 8.19. The number of hydrogen-bond acceptors (Lipinski definition) is 6. The number of thioether (sulfide) groups is 2. The number of aromatic amines is 1. The van der Waals surface area contributed by atoms with Gasteiger partial charge in [-0.1, -0.05) is 18.2 Å². The van der Waals surface area contributed by atoms with Crippen LogP contribution in [-0.4, -0.2) is 32.2 Å². The molecule has 0 unspecified atom stereocenters. The first-order valence-electron chi connectivity index (χ1n) is 8.53. The SMILES string of the molecule is O=C(CCn1c(-c2cccs2)n[nH]c1=S)Nc1cccc(C2SCCS2)c1. The van der Waals surface area contributed by atoms with E-state index in [1.54, 1.807) is 11.3 Å². The zero-order chi connectivity index (χ0) is 18.6. The van der Waals surface area contributed by atoms with Crippen LogP contribution in [0.25, 0.3) is 10.7 Å². The summed E-state index contributed by atoms with van der Waals surface area (Å²) in [5.74, 6) is 3.12. The first-order valence-corrected chi connectivity index (χ1v) is 11.9. The zero-order valence-corrected chi connectivity index (χ0v) is 17.6. The van der Waals surface area contributed by atoms with E-state index >= 15 is 0 Å². The maximum absolute atomic E-state index is 12.5. The van der Waals surface area contributed by atoms with Crippen molar-refractivity contribution in [3.8, 4) is 10.7 Å². The van der Waals surface area contributed by atoms with Crippen molar-refractivity contribution in [2.75, 3.05) is 16.8 Å². The van der Waals surface area contributed by atoms with Crippen LogP contribution in [0.15, 0.2) is 41.8 Å². The summed E-state index contributed by atoms with van der Waals surface area (Å²) < 4.78 is 2.88. The number of nitrogens with zero attached hydrogens (tertiary/aromatic N) is 2. The molecule has 0 saturated carbocycles. The molecule has 0 spiro atoms. The average molecular weight is 435 g/mol. The number of carbonyl (C=O) groups is 1. The van der Waals surface area contributed by atoms with Crippen molar-refractivity contribution in [1.29, 1.82) is 0 Å². The van der Waals surface area contributed by atoms with Crippen LogP contribution in [0.5, 0.6) is 0 Å². The molecule has 9 heteroatoms. The number of nitrogens with one attached hydrogen (secondary N) is 2. The molecule has 0 bridgehead atoms. The lowest BCUT2D eigenvalue weighted by atomic mass is 10.2. The van der Waals surface area contributed by atoms with Crippen molar-refractivity contribution in [2.24, 2.45) is 0 Å². The molecular formula is C18H18N4OS4. The van der Waals surface area contributed by atoms with Crippen LogP contribution in [0.4, 0.5) is 5.69 Å². The Kier molecular flexibility index (Phi) is 6.01. The molecule has 3 heterocycles. The number of amides is 1. The van der Waals surface area contributed by atoms with Crippen LogP contribution in [0.2, 0.25) is 0 Å². The summed E-state index contributed by atoms with van der Waals surface area (Å²) in [7, 11) is 0. The van der Waals surface area contributed by atoms with Gasteiger partial charge >= 0.3 is 0 Å². The molecule has 2 N–H and O–H groups in total. The van der Waals surface area contributed by atoms with Crippen LogP contribution in [0.1, 0.15) is 16.6 Å². The fraction of sp³-hybridized carbons (Fsp3) is 0.278. The Hall–Kier alpha value is -1.55. The number of hydrogen-bond donors (Lipinski definition) is 2. The lowest BCUT2D eigenvalue weighted by Crippen LogP contribution is -2.15. The van der Waals surface area contributed by atoms with Crippen molar-refractivity contribution in [3.05, 3.63) is 52.1 Å². The van der Waals surface area contributed by atoms with E-state index in [0.29, 0.717) is 22.3 Å². The van der Waals surface area contributed by atoms with Gasteiger partial charge in [0, 0.05) is 30.2 Å². The fourth-order valence-electron chi connectivity index (χ4n) is 2.87. The molecule has 0 aliphatic carbocycles. The largest absolute Gasteiger partial charge is 0.326 e. The molecular weight excluding hydrogens is 416 g/mol. The summed E-state index contributed by atoms with van der Waals surface area (Å²) in [6, 6.07) is 12.1. The highest BCUT2D eigenvalue weighted by Crippen LogP contribution is 2.45. The van der Waals surface area contributed by atoms with Gasteiger partial charge in [0.1, 0.15) is 0 Å². The Labute approximate surface area is 175 Å². The van der Waals surface area contributed by atoms with Crippen LogP contribution in [0, 0.1) is 4.77 Å². The van der Waals surface area contributed by atoms with Gasteiger partial charge < -0.3 is 5.32 Å². The van der Waals surface area contributed by atoms with E-state index in [1.807, 2.05) is 57.7 Å². The minimum Gasteiger partial charge on any atom is -0.326 e. The number of carbonyl (C=O) groups excluding carboxylic acids is 1. The molecule has 1 aliphatic rings. The van der Waals surface area contributed by atoms with Crippen molar-refractivity contribution >= 4 is 58.7 Å². The molecule has 2 aromatic heterocycles. The molecule has 5 nitrogen and oxygen atoms in total. The fourth-order valence-corrected chi connectivity index (χ4v) is 6.65. The van der Waals surface area contributed by atoms with E-state index < -0.39 is 0 Å². The van der Waals surface area contributed by atoms with Gasteiger partial charge in [0.15, 0.2) is 10.6 Å². The second-order valence-corrected chi connectivity index (χ2v) is 10.0. The van der Waals surface area contributed by atoms with Crippen LogP contribution >= 0.6 is 47.1 Å². The second kappa shape index (κ2) is 8.64. The maximum atomic E-state index is 12.5. The first-order chi connectivity index (χ1) is 13.2. The van der Waals surface area contributed by atoms with E-state index in [0.717, 1.165) is 16.4 Å². The van der Waals surface area contributed by atoms with Crippen molar-refractivity contribution in [3.63, 3.8) is 0 Å². The third-order valence-electron chi connectivity index (χ3n) is 4.13. The quantitative estimate of drug-likeness (QED) is 0.524. The molecule has 1 fully saturated rings.